The number of anilines is 1. The van der Waals surface area contributed by atoms with Gasteiger partial charge < -0.3 is 10.4 Å². The number of halogens is 1. The third kappa shape index (κ3) is 2.87. The highest BCUT2D eigenvalue weighted by Gasteiger charge is 2.34. The molecule has 0 aromatic heterocycles. The zero-order valence-electron chi connectivity index (χ0n) is 11.1. The second kappa shape index (κ2) is 5.58. The first-order chi connectivity index (χ1) is 9.10. The van der Waals surface area contributed by atoms with Gasteiger partial charge in [0.15, 0.2) is 0 Å². The van der Waals surface area contributed by atoms with E-state index in [0.717, 1.165) is 25.7 Å². The molecule has 0 amide bonds. The van der Waals surface area contributed by atoms with Gasteiger partial charge in [-0.15, -0.1) is 0 Å². The van der Waals surface area contributed by atoms with Gasteiger partial charge in [0.05, 0.1) is 17.8 Å². The van der Waals surface area contributed by atoms with E-state index in [1.54, 1.807) is 12.1 Å². The highest BCUT2D eigenvalue weighted by molar-refractivity contribution is 5.59. The van der Waals surface area contributed by atoms with Crippen molar-refractivity contribution in [2.24, 2.45) is 5.92 Å². The van der Waals surface area contributed by atoms with Crippen molar-refractivity contribution < 1.29 is 9.50 Å². The molecule has 3 nitrogen and oxygen atoms in total. The molecular formula is C15H19FN2O. The Hall–Kier alpha value is -1.60. The molecule has 0 heterocycles. The van der Waals surface area contributed by atoms with Crippen LogP contribution in [0.3, 0.4) is 0 Å². The van der Waals surface area contributed by atoms with Gasteiger partial charge >= 0.3 is 0 Å². The molecule has 1 aliphatic rings. The summed E-state index contributed by atoms with van der Waals surface area (Å²) in [5.41, 5.74) is 0.0753. The average Bonchev–Trinajstić information content (AvgIpc) is 2.42. The Morgan fingerprint density at radius 1 is 1.47 bits per heavy atom. The van der Waals surface area contributed by atoms with Crippen LogP contribution in [0.2, 0.25) is 0 Å². The molecule has 2 rings (SSSR count). The molecule has 4 heteroatoms. The molecule has 0 unspecified atom stereocenters. The topological polar surface area (TPSA) is 56.0 Å². The second-order valence-corrected chi connectivity index (χ2v) is 5.52. The van der Waals surface area contributed by atoms with Crippen LogP contribution in [0.1, 0.15) is 38.2 Å². The number of hydrogen-bond acceptors (Lipinski definition) is 3. The molecule has 0 bridgehead atoms. The Balaban J connectivity index is 2.24. The maximum atomic E-state index is 13.6. The van der Waals surface area contributed by atoms with Crippen molar-refractivity contribution >= 4 is 5.69 Å². The molecule has 1 aromatic carbocycles. The molecule has 0 aliphatic heterocycles. The minimum atomic E-state index is -0.523. The van der Waals surface area contributed by atoms with Gasteiger partial charge in [0, 0.05) is 0 Å². The summed E-state index contributed by atoms with van der Waals surface area (Å²) >= 11 is 0. The molecule has 102 valence electrons. The van der Waals surface area contributed by atoms with E-state index in [-0.39, 0.29) is 12.2 Å². The Bertz CT molecular complexity index is 487. The second-order valence-electron chi connectivity index (χ2n) is 5.52. The van der Waals surface area contributed by atoms with E-state index in [1.165, 1.54) is 6.07 Å². The molecule has 0 saturated heterocycles. The molecular weight excluding hydrogens is 243 g/mol. The lowest BCUT2D eigenvalue weighted by Gasteiger charge is -2.39. The molecule has 1 aromatic rings. The zero-order chi connectivity index (χ0) is 13.9. The monoisotopic (exact) mass is 262 g/mol. The van der Waals surface area contributed by atoms with E-state index >= 15 is 0 Å². The van der Waals surface area contributed by atoms with Crippen molar-refractivity contribution in [2.45, 2.75) is 38.1 Å². The van der Waals surface area contributed by atoms with Crippen molar-refractivity contribution in [1.29, 1.82) is 5.26 Å². The summed E-state index contributed by atoms with van der Waals surface area (Å²) in [5.74, 6) is 0.134. The Morgan fingerprint density at radius 3 is 2.74 bits per heavy atom. The highest BCUT2D eigenvalue weighted by Crippen LogP contribution is 2.35. The zero-order valence-corrected chi connectivity index (χ0v) is 11.1. The van der Waals surface area contributed by atoms with Crippen LogP contribution in [0.4, 0.5) is 10.1 Å². The van der Waals surface area contributed by atoms with Gasteiger partial charge in [0.25, 0.3) is 0 Å². The summed E-state index contributed by atoms with van der Waals surface area (Å²) in [6.07, 6.45) is 3.74. The predicted molar refractivity (Wildman–Crippen MR) is 72.2 cm³/mol. The number of nitrogens with zero attached hydrogens (tertiary/aromatic N) is 1. The van der Waals surface area contributed by atoms with E-state index < -0.39 is 11.4 Å². The first-order valence-electron chi connectivity index (χ1n) is 6.68. The standard InChI is InChI=1S/C15H19FN2O/c1-11-5-7-15(10-19,8-6-11)18-14-4-2-3-13(16)12(14)9-17/h2-4,11,18-19H,5-8,10H2,1H3. The van der Waals surface area contributed by atoms with Gasteiger partial charge in [-0.2, -0.15) is 5.26 Å². The van der Waals surface area contributed by atoms with Crippen LogP contribution in [0, 0.1) is 23.1 Å². The Kier molecular flexibility index (Phi) is 4.06. The smallest absolute Gasteiger partial charge is 0.143 e. The molecule has 0 atom stereocenters. The van der Waals surface area contributed by atoms with Crippen LogP contribution in [0.25, 0.3) is 0 Å². The van der Waals surface area contributed by atoms with Crippen molar-refractivity contribution in [3.8, 4) is 6.07 Å². The van der Waals surface area contributed by atoms with Crippen LogP contribution < -0.4 is 5.32 Å². The van der Waals surface area contributed by atoms with Gasteiger partial charge in [0.2, 0.25) is 0 Å². The number of aliphatic hydroxyl groups is 1. The normalized spacial score (nSPS) is 26.7. The summed E-state index contributed by atoms with van der Waals surface area (Å²) < 4.78 is 13.6. The first kappa shape index (κ1) is 13.8. The number of rotatable bonds is 3. The van der Waals surface area contributed by atoms with E-state index in [4.69, 9.17) is 5.26 Å². The fraction of sp³-hybridized carbons (Fsp3) is 0.533. The van der Waals surface area contributed by atoms with Gasteiger partial charge in [0.1, 0.15) is 17.4 Å². The number of benzene rings is 1. The first-order valence-corrected chi connectivity index (χ1v) is 6.68. The minimum Gasteiger partial charge on any atom is -0.394 e. The highest BCUT2D eigenvalue weighted by atomic mass is 19.1. The minimum absolute atomic E-state index is 0.00109. The van der Waals surface area contributed by atoms with Crippen LogP contribution in [0.5, 0.6) is 0 Å². The third-order valence-corrected chi connectivity index (χ3v) is 4.06. The Morgan fingerprint density at radius 2 is 2.16 bits per heavy atom. The largest absolute Gasteiger partial charge is 0.394 e. The molecule has 1 fully saturated rings. The molecule has 0 spiro atoms. The van der Waals surface area contributed by atoms with E-state index in [0.29, 0.717) is 11.6 Å². The van der Waals surface area contributed by atoms with Crippen molar-refractivity contribution in [3.63, 3.8) is 0 Å². The molecule has 2 N–H and O–H groups in total. The van der Waals surface area contributed by atoms with Crippen LogP contribution in [-0.2, 0) is 0 Å². The average molecular weight is 262 g/mol. The van der Waals surface area contributed by atoms with Crippen molar-refractivity contribution in [2.75, 3.05) is 11.9 Å². The molecule has 0 radical (unpaired) electrons. The van der Waals surface area contributed by atoms with Crippen LogP contribution >= 0.6 is 0 Å². The molecule has 1 aliphatic carbocycles. The van der Waals surface area contributed by atoms with E-state index in [1.807, 2.05) is 6.07 Å². The lowest BCUT2D eigenvalue weighted by molar-refractivity contribution is 0.155. The van der Waals surface area contributed by atoms with Crippen molar-refractivity contribution in [1.82, 2.24) is 0 Å². The van der Waals surface area contributed by atoms with Crippen LogP contribution in [-0.4, -0.2) is 17.3 Å². The fourth-order valence-electron chi connectivity index (χ4n) is 2.66. The lowest BCUT2D eigenvalue weighted by atomic mass is 9.77. The quantitative estimate of drug-likeness (QED) is 0.880. The third-order valence-electron chi connectivity index (χ3n) is 4.06. The van der Waals surface area contributed by atoms with Gasteiger partial charge in [-0.05, 0) is 43.7 Å². The summed E-state index contributed by atoms with van der Waals surface area (Å²) in [7, 11) is 0. The Labute approximate surface area is 113 Å². The SMILES string of the molecule is CC1CCC(CO)(Nc2cccc(F)c2C#N)CC1. The van der Waals surface area contributed by atoms with Gasteiger partial charge in [-0.1, -0.05) is 13.0 Å². The number of aliphatic hydroxyl groups excluding tert-OH is 1. The lowest BCUT2D eigenvalue weighted by Crippen LogP contribution is -2.45. The maximum absolute atomic E-state index is 13.6. The predicted octanol–water partition coefficient (Wildman–Crippen LogP) is 3.05. The summed E-state index contributed by atoms with van der Waals surface area (Å²) in [4.78, 5) is 0. The number of nitriles is 1. The summed E-state index contributed by atoms with van der Waals surface area (Å²) in [6.45, 7) is 2.20. The molecule has 1 saturated carbocycles. The number of hydrogen-bond donors (Lipinski definition) is 2. The van der Waals surface area contributed by atoms with E-state index in [9.17, 15) is 9.50 Å². The van der Waals surface area contributed by atoms with Gasteiger partial charge in [-0.25, -0.2) is 4.39 Å². The van der Waals surface area contributed by atoms with Crippen molar-refractivity contribution in [3.05, 3.63) is 29.6 Å². The maximum Gasteiger partial charge on any atom is 0.143 e. The number of nitrogens with one attached hydrogen (secondary N) is 1. The molecule has 19 heavy (non-hydrogen) atoms. The summed E-state index contributed by atoms with van der Waals surface area (Å²) in [5, 5.41) is 21.9. The van der Waals surface area contributed by atoms with Crippen LogP contribution in [0.15, 0.2) is 18.2 Å². The fourth-order valence-corrected chi connectivity index (χ4v) is 2.66. The van der Waals surface area contributed by atoms with E-state index in [2.05, 4.69) is 12.2 Å². The summed E-state index contributed by atoms with van der Waals surface area (Å²) in [6, 6.07) is 6.43. The van der Waals surface area contributed by atoms with Gasteiger partial charge in [-0.3, -0.25) is 0 Å².